The van der Waals surface area contributed by atoms with E-state index in [1.165, 1.54) is 0 Å². The molecule has 0 saturated carbocycles. The lowest BCUT2D eigenvalue weighted by molar-refractivity contribution is -0.116. The van der Waals surface area contributed by atoms with Gasteiger partial charge >= 0.3 is 6.09 Å². The Morgan fingerprint density at radius 3 is 2.41 bits per heavy atom. The van der Waals surface area contributed by atoms with E-state index < -0.39 is 5.60 Å². The predicted octanol–water partition coefficient (Wildman–Crippen LogP) is 2.47. The van der Waals surface area contributed by atoms with E-state index in [4.69, 9.17) is 4.74 Å². The Morgan fingerprint density at radius 2 is 2.00 bits per heavy atom. The normalized spacial score (nSPS) is 24.3. The predicted molar refractivity (Wildman–Crippen MR) is 65.8 cm³/mol. The van der Waals surface area contributed by atoms with Crippen LogP contribution in [0.2, 0.25) is 0 Å². The largest absolute Gasteiger partial charge is 0.444 e. The lowest BCUT2D eigenvalue weighted by Crippen LogP contribution is -2.50. The number of piperidine rings is 1. The van der Waals surface area contributed by atoms with Crippen molar-refractivity contribution in [3.05, 3.63) is 0 Å². The molecule has 1 rings (SSSR count). The van der Waals surface area contributed by atoms with Gasteiger partial charge in [-0.2, -0.15) is 0 Å². The topological polar surface area (TPSA) is 46.6 Å². The van der Waals surface area contributed by atoms with Gasteiger partial charge in [-0.3, -0.25) is 0 Å². The van der Waals surface area contributed by atoms with Crippen molar-refractivity contribution in [2.75, 3.05) is 13.1 Å². The number of rotatable bonds is 1. The average Bonchev–Trinajstić information content (AvgIpc) is 2.13. The Kier molecular flexibility index (Phi) is 3.84. The Hall–Kier alpha value is -1.06. The summed E-state index contributed by atoms with van der Waals surface area (Å²) in [5.41, 5.74) is -0.639. The van der Waals surface area contributed by atoms with Gasteiger partial charge in [0.1, 0.15) is 11.9 Å². The minimum absolute atomic E-state index is 0.0289. The number of carbonyl (C=O) groups is 2. The molecule has 1 aliphatic heterocycles. The smallest absolute Gasteiger partial charge is 0.410 e. The third-order valence-electron chi connectivity index (χ3n) is 3.13. The quantitative estimate of drug-likeness (QED) is 0.662. The molecule has 0 spiro atoms. The Balaban J connectivity index is 2.65. The van der Waals surface area contributed by atoms with Crippen molar-refractivity contribution >= 4 is 12.4 Å². The second-order valence-corrected chi connectivity index (χ2v) is 6.42. The molecule has 1 aliphatic rings. The first-order chi connectivity index (χ1) is 7.65. The van der Waals surface area contributed by atoms with E-state index in [9.17, 15) is 9.59 Å². The van der Waals surface area contributed by atoms with Gasteiger partial charge in [-0.1, -0.05) is 13.8 Å². The van der Waals surface area contributed by atoms with Crippen molar-refractivity contribution in [1.82, 2.24) is 4.90 Å². The monoisotopic (exact) mass is 241 g/mol. The molecule has 1 unspecified atom stereocenters. The van der Waals surface area contributed by atoms with E-state index in [1.54, 1.807) is 4.90 Å². The van der Waals surface area contributed by atoms with Crippen molar-refractivity contribution in [2.45, 2.75) is 46.6 Å². The minimum atomic E-state index is -0.470. The first kappa shape index (κ1) is 14.0. The number of hydrogen-bond acceptors (Lipinski definition) is 3. The summed E-state index contributed by atoms with van der Waals surface area (Å²) in [6.45, 7) is 10.8. The SMILES string of the molecule is CC(C)(C)OC(=O)N1CCC(C=O)C(C)(C)C1. The van der Waals surface area contributed by atoms with E-state index in [-0.39, 0.29) is 17.4 Å². The lowest BCUT2D eigenvalue weighted by atomic mass is 9.75. The van der Waals surface area contributed by atoms with Crippen LogP contribution in [0.3, 0.4) is 0 Å². The first-order valence-electron chi connectivity index (χ1n) is 6.09. The molecular formula is C13H23NO3. The molecule has 98 valence electrons. The molecule has 1 atom stereocenters. The second kappa shape index (κ2) is 4.67. The standard InChI is InChI=1S/C13H23NO3/c1-12(2,3)17-11(16)14-7-6-10(8-15)13(4,5)9-14/h8,10H,6-7,9H2,1-5H3. The van der Waals surface area contributed by atoms with Crippen LogP contribution >= 0.6 is 0 Å². The summed E-state index contributed by atoms with van der Waals surface area (Å²) >= 11 is 0. The van der Waals surface area contributed by atoms with E-state index in [0.717, 1.165) is 12.7 Å². The maximum absolute atomic E-state index is 11.9. The molecule has 0 aromatic carbocycles. The molecule has 0 N–H and O–H groups in total. The van der Waals surface area contributed by atoms with Gasteiger partial charge in [0.15, 0.2) is 0 Å². The first-order valence-corrected chi connectivity index (χ1v) is 6.09. The highest BCUT2D eigenvalue weighted by Crippen LogP contribution is 2.33. The van der Waals surface area contributed by atoms with Gasteiger partial charge in [0, 0.05) is 19.0 Å². The molecule has 0 radical (unpaired) electrons. The van der Waals surface area contributed by atoms with Crippen LogP contribution in [-0.2, 0) is 9.53 Å². The molecule has 0 aromatic heterocycles. The third kappa shape index (κ3) is 3.72. The summed E-state index contributed by atoms with van der Waals surface area (Å²) in [6, 6.07) is 0. The highest BCUT2D eigenvalue weighted by molar-refractivity contribution is 5.69. The summed E-state index contributed by atoms with van der Waals surface area (Å²) in [5.74, 6) is 0.0289. The van der Waals surface area contributed by atoms with Crippen molar-refractivity contribution in [3.8, 4) is 0 Å². The summed E-state index contributed by atoms with van der Waals surface area (Å²) in [7, 11) is 0. The zero-order chi connectivity index (χ0) is 13.3. The summed E-state index contributed by atoms with van der Waals surface area (Å²) in [4.78, 5) is 24.6. The molecule has 0 bridgehead atoms. The van der Waals surface area contributed by atoms with Crippen LogP contribution in [0.1, 0.15) is 41.0 Å². The Bertz CT molecular complexity index is 304. The van der Waals surface area contributed by atoms with Gasteiger partial charge in [0.2, 0.25) is 0 Å². The highest BCUT2D eigenvalue weighted by Gasteiger charge is 2.38. The van der Waals surface area contributed by atoms with Crippen molar-refractivity contribution in [1.29, 1.82) is 0 Å². The number of carbonyl (C=O) groups excluding carboxylic acids is 2. The number of amides is 1. The number of ether oxygens (including phenoxy) is 1. The van der Waals surface area contributed by atoms with Gasteiger partial charge in [0.25, 0.3) is 0 Å². The number of hydrogen-bond donors (Lipinski definition) is 0. The van der Waals surface area contributed by atoms with Crippen LogP contribution in [0.5, 0.6) is 0 Å². The average molecular weight is 241 g/mol. The molecule has 4 heteroatoms. The van der Waals surface area contributed by atoms with Crippen molar-refractivity contribution in [3.63, 3.8) is 0 Å². The fraction of sp³-hybridized carbons (Fsp3) is 0.846. The molecule has 0 aromatic rings. The summed E-state index contributed by atoms with van der Waals surface area (Å²) < 4.78 is 5.34. The maximum atomic E-state index is 11.9. The van der Waals surface area contributed by atoms with Crippen LogP contribution in [-0.4, -0.2) is 36.0 Å². The van der Waals surface area contributed by atoms with Gasteiger partial charge in [0.05, 0.1) is 0 Å². The van der Waals surface area contributed by atoms with Crippen LogP contribution in [0.25, 0.3) is 0 Å². The lowest BCUT2D eigenvalue weighted by Gasteiger charge is -2.42. The van der Waals surface area contributed by atoms with Gasteiger partial charge in [-0.05, 0) is 32.6 Å². The van der Waals surface area contributed by atoms with E-state index >= 15 is 0 Å². The van der Waals surface area contributed by atoms with E-state index in [2.05, 4.69) is 0 Å². The van der Waals surface area contributed by atoms with Crippen molar-refractivity contribution < 1.29 is 14.3 Å². The number of nitrogens with zero attached hydrogens (tertiary/aromatic N) is 1. The van der Waals surface area contributed by atoms with Crippen LogP contribution in [0, 0.1) is 11.3 Å². The zero-order valence-electron chi connectivity index (χ0n) is 11.4. The molecule has 1 amide bonds. The molecule has 1 saturated heterocycles. The van der Waals surface area contributed by atoms with Gasteiger partial charge in [-0.25, -0.2) is 4.79 Å². The van der Waals surface area contributed by atoms with Crippen LogP contribution < -0.4 is 0 Å². The van der Waals surface area contributed by atoms with Gasteiger partial charge < -0.3 is 14.4 Å². The number of likely N-dealkylation sites (tertiary alicyclic amines) is 1. The Morgan fingerprint density at radius 1 is 1.41 bits per heavy atom. The molecule has 1 heterocycles. The zero-order valence-corrected chi connectivity index (χ0v) is 11.4. The van der Waals surface area contributed by atoms with Crippen molar-refractivity contribution in [2.24, 2.45) is 11.3 Å². The molecule has 4 nitrogen and oxygen atoms in total. The van der Waals surface area contributed by atoms with E-state index in [0.29, 0.717) is 13.1 Å². The highest BCUT2D eigenvalue weighted by atomic mass is 16.6. The summed E-state index contributed by atoms with van der Waals surface area (Å²) in [5, 5.41) is 0. The van der Waals surface area contributed by atoms with E-state index in [1.807, 2.05) is 34.6 Å². The second-order valence-electron chi connectivity index (χ2n) is 6.42. The van der Waals surface area contributed by atoms with Gasteiger partial charge in [-0.15, -0.1) is 0 Å². The minimum Gasteiger partial charge on any atom is -0.444 e. The Labute approximate surface area is 103 Å². The fourth-order valence-electron chi connectivity index (χ4n) is 2.11. The molecule has 0 aliphatic carbocycles. The fourth-order valence-corrected chi connectivity index (χ4v) is 2.11. The molecule has 17 heavy (non-hydrogen) atoms. The summed E-state index contributed by atoms with van der Waals surface area (Å²) in [6.07, 6.45) is 1.44. The maximum Gasteiger partial charge on any atom is 0.410 e. The third-order valence-corrected chi connectivity index (χ3v) is 3.13. The molecule has 1 fully saturated rings. The molecular weight excluding hydrogens is 218 g/mol. The van der Waals surface area contributed by atoms with Crippen LogP contribution in [0.4, 0.5) is 4.79 Å². The number of aldehydes is 1. The van der Waals surface area contributed by atoms with Crippen LogP contribution in [0.15, 0.2) is 0 Å².